The highest BCUT2D eigenvalue weighted by Gasteiger charge is 2.04. The fourth-order valence-electron chi connectivity index (χ4n) is 1.90. The molecule has 128 valence electrons. The molecule has 0 aliphatic heterocycles. The zero-order valence-electron chi connectivity index (χ0n) is 13.8. The third kappa shape index (κ3) is 5.81. The number of carbonyl (C=O) groups excluding carboxylic acids is 1. The highest BCUT2D eigenvalue weighted by Crippen LogP contribution is 2.18. The molecule has 1 amide bonds. The van der Waals surface area contributed by atoms with Crippen molar-refractivity contribution in [3.63, 3.8) is 0 Å². The van der Waals surface area contributed by atoms with Crippen LogP contribution in [0.5, 0.6) is 17.2 Å². The number of anilines is 1. The molecule has 2 aromatic carbocycles. The summed E-state index contributed by atoms with van der Waals surface area (Å²) in [6.45, 7) is 0.942. The molecule has 0 saturated carbocycles. The summed E-state index contributed by atoms with van der Waals surface area (Å²) in [4.78, 5) is 11.9. The largest absolute Gasteiger partial charge is 0.497 e. The first-order valence-corrected chi connectivity index (χ1v) is 7.50. The van der Waals surface area contributed by atoms with Gasteiger partial charge in [-0.25, -0.2) is 0 Å². The van der Waals surface area contributed by atoms with Gasteiger partial charge in [-0.05, 0) is 48.5 Å². The second-order valence-corrected chi connectivity index (χ2v) is 4.88. The number of rotatable bonds is 9. The highest BCUT2D eigenvalue weighted by molar-refractivity contribution is 5.91. The summed E-state index contributed by atoms with van der Waals surface area (Å²) in [6.07, 6.45) is 0. The van der Waals surface area contributed by atoms with Crippen molar-refractivity contribution in [2.45, 2.75) is 0 Å². The van der Waals surface area contributed by atoms with E-state index < -0.39 is 0 Å². The molecule has 6 nitrogen and oxygen atoms in total. The van der Waals surface area contributed by atoms with E-state index in [1.165, 1.54) is 0 Å². The van der Waals surface area contributed by atoms with E-state index >= 15 is 0 Å². The maximum absolute atomic E-state index is 11.9. The molecule has 0 aromatic heterocycles. The number of benzene rings is 2. The number of amides is 1. The molecular weight excluding hydrogens is 310 g/mol. The second kappa shape index (κ2) is 9.42. The highest BCUT2D eigenvalue weighted by atomic mass is 16.5. The minimum absolute atomic E-state index is 0.0710. The van der Waals surface area contributed by atoms with Crippen LogP contribution in [-0.2, 0) is 9.53 Å². The van der Waals surface area contributed by atoms with E-state index in [1.54, 1.807) is 62.8 Å². The smallest absolute Gasteiger partial charge is 0.262 e. The van der Waals surface area contributed by atoms with Gasteiger partial charge in [-0.3, -0.25) is 4.79 Å². The van der Waals surface area contributed by atoms with Crippen LogP contribution in [0, 0.1) is 0 Å². The maximum Gasteiger partial charge on any atom is 0.262 e. The number of nitrogens with one attached hydrogen (secondary N) is 1. The van der Waals surface area contributed by atoms with Gasteiger partial charge in [0.2, 0.25) is 0 Å². The van der Waals surface area contributed by atoms with E-state index in [-0.39, 0.29) is 12.5 Å². The van der Waals surface area contributed by atoms with Crippen molar-refractivity contribution < 1.29 is 23.7 Å². The van der Waals surface area contributed by atoms with Crippen LogP contribution in [0.25, 0.3) is 0 Å². The average Bonchev–Trinajstić information content (AvgIpc) is 2.62. The lowest BCUT2D eigenvalue weighted by atomic mass is 10.3. The van der Waals surface area contributed by atoms with Gasteiger partial charge in [0.1, 0.15) is 23.9 Å². The topological polar surface area (TPSA) is 66.0 Å². The summed E-state index contributed by atoms with van der Waals surface area (Å²) in [7, 11) is 3.22. The minimum Gasteiger partial charge on any atom is -0.497 e. The Kier molecular flexibility index (Phi) is 6.91. The van der Waals surface area contributed by atoms with Crippen molar-refractivity contribution in [1.82, 2.24) is 0 Å². The van der Waals surface area contributed by atoms with Gasteiger partial charge in [-0.2, -0.15) is 0 Å². The Bertz CT molecular complexity index is 625. The van der Waals surface area contributed by atoms with E-state index in [1.807, 2.05) is 0 Å². The van der Waals surface area contributed by atoms with E-state index in [0.717, 1.165) is 11.5 Å². The van der Waals surface area contributed by atoms with Crippen LogP contribution in [-0.4, -0.2) is 39.9 Å². The summed E-state index contributed by atoms with van der Waals surface area (Å²) in [5, 5.41) is 2.76. The summed E-state index contributed by atoms with van der Waals surface area (Å²) in [5.41, 5.74) is 0.678. The Labute approximate surface area is 141 Å². The number of hydrogen-bond donors (Lipinski definition) is 1. The van der Waals surface area contributed by atoms with Gasteiger partial charge in [0.15, 0.2) is 6.61 Å². The predicted octanol–water partition coefficient (Wildman–Crippen LogP) is 2.74. The van der Waals surface area contributed by atoms with Crippen LogP contribution >= 0.6 is 0 Å². The lowest BCUT2D eigenvalue weighted by molar-refractivity contribution is -0.118. The summed E-state index contributed by atoms with van der Waals surface area (Å²) in [5.74, 6) is 1.82. The Hall–Kier alpha value is -2.73. The van der Waals surface area contributed by atoms with Crippen LogP contribution in [0.4, 0.5) is 5.69 Å². The van der Waals surface area contributed by atoms with E-state index in [2.05, 4.69) is 5.32 Å². The quantitative estimate of drug-likeness (QED) is 0.716. The number of ether oxygens (including phenoxy) is 4. The molecule has 2 aromatic rings. The molecule has 0 aliphatic carbocycles. The van der Waals surface area contributed by atoms with Crippen molar-refractivity contribution >= 4 is 11.6 Å². The van der Waals surface area contributed by atoms with Crippen LogP contribution in [0.2, 0.25) is 0 Å². The third-order valence-electron chi connectivity index (χ3n) is 3.12. The Morgan fingerprint density at radius 1 is 0.833 bits per heavy atom. The lowest BCUT2D eigenvalue weighted by Gasteiger charge is -2.09. The van der Waals surface area contributed by atoms with Crippen molar-refractivity contribution in [2.24, 2.45) is 0 Å². The van der Waals surface area contributed by atoms with Gasteiger partial charge in [-0.1, -0.05) is 0 Å². The van der Waals surface area contributed by atoms with Gasteiger partial charge >= 0.3 is 0 Å². The monoisotopic (exact) mass is 331 g/mol. The molecule has 0 bridgehead atoms. The Morgan fingerprint density at radius 3 is 2.04 bits per heavy atom. The fourth-order valence-corrected chi connectivity index (χ4v) is 1.90. The van der Waals surface area contributed by atoms with Gasteiger partial charge in [0, 0.05) is 12.8 Å². The zero-order valence-corrected chi connectivity index (χ0v) is 13.8. The molecule has 0 radical (unpaired) electrons. The summed E-state index contributed by atoms with van der Waals surface area (Å²) in [6, 6.07) is 14.2. The first-order chi connectivity index (χ1) is 11.7. The molecule has 0 unspecified atom stereocenters. The first-order valence-electron chi connectivity index (χ1n) is 7.50. The minimum atomic E-state index is -0.237. The SMILES string of the molecule is COCCOc1ccc(NC(=O)COc2ccc(OC)cc2)cc1. The van der Waals surface area contributed by atoms with Crippen molar-refractivity contribution in [3.8, 4) is 17.2 Å². The van der Waals surface area contributed by atoms with Crippen molar-refractivity contribution in [2.75, 3.05) is 39.4 Å². The standard InChI is InChI=1S/C18H21NO5/c1-21-11-12-23-16-5-3-14(4-6-16)19-18(20)13-24-17-9-7-15(22-2)8-10-17/h3-10H,11-13H2,1-2H3,(H,19,20). The predicted molar refractivity (Wildman–Crippen MR) is 90.9 cm³/mol. The maximum atomic E-state index is 11.9. The van der Waals surface area contributed by atoms with Crippen LogP contribution < -0.4 is 19.5 Å². The molecule has 0 heterocycles. The number of hydrogen-bond acceptors (Lipinski definition) is 5. The van der Waals surface area contributed by atoms with Gasteiger partial charge < -0.3 is 24.3 Å². The molecule has 0 aliphatic rings. The number of carbonyl (C=O) groups is 1. The molecule has 1 N–H and O–H groups in total. The van der Waals surface area contributed by atoms with Crippen molar-refractivity contribution in [3.05, 3.63) is 48.5 Å². The second-order valence-electron chi connectivity index (χ2n) is 4.88. The summed E-state index contributed by atoms with van der Waals surface area (Å²) >= 11 is 0. The molecule has 0 saturated heterocycles. The van der Waals surface area contributed by atoms with Gasteiger partial charge in [0.25, 0.3) is 5.91 Å². The van der Waals surface area contributed by atoms with E-state index in [0.29, 0.717) is 24.7 Å². The lowest BCUT2D eigenvalue weighted by Crippen LogP contribution is -2.20. The molecule has 2 rings (SSSR count). The van der Waals surface area contributed by atoms with Crippen LogP contribution in [0.1, 0.15) is 0 Å². The number of methoxy groups -OCH3 is 2. The normalized spacial score (nSPS) is 10.1. The zero-order chi connectivity index (χ0) is 17.2. The van der Waals surface area contributed by atoms with Gasteiger partial charge in [-0.15, -0.1) is 0 Å². The fraction of sp³-hybridized carbons (Fsp3) is 0.278. The molecule has 0 fully saturated rings. The molecule has 0 spiro atoms. The molecular formula is C18H21NO5. The molecule has 24 heavy (non-hydrogen) atoms. The van der Waals surface area contributed by atoms with Crippen molar-refractivity contribution in [1.29, 1.82) is 0 Å². The van der Waals surface area contributed by atoms with Crippen LogP contribution in [0.15, 0.2) is 48.5 Å². The Balaban J connectivity index is 1.76. The van der Waals surface area contributed by atoms with E-state index in [9.17, 15) is 4.79 Å². The van der Waals surface area contributed by atoms with Gasteiger partial charge in [0.05, 0.1) is 13.7 Å². The first kappa shape index (κ1) is 17.6. The molecule has 0 atom stereocenters. The Morgan fingerprint density at radius 2 is 1.42 bits per heavy atom. The third-order valence-corrected chi connectivity index (χ3v) is 3.12. The van der Waals surface area contributed by atoms with Crippen LogP contribution in [0.3, 0.4) is 0 Å². The molecule has 6 heteroatoms. The van der Waals surface area contributed by atoms with E-state index in [4.69, 9.17) is 18.9 Å². The average molecular weight is 331 g/mol. The summed E-state index contributed by atoms with van der Waals surface area (Å²) < 4.78 is 20.9.